The highest BCUT2D eigenvalue weighted by Gasteiger charge is 2.50. The Labute approximate surface area is 89.6 Å². The maximum atomic E-state index is 5.52. The van der Waals surface area contributed by atoms with Gasteiger partial charge in [0.25, 0.3) is 0 Å². The van der Waals surface area contributed by atoms with Gasteiger partial charge < -0.3 is 10.1 Å². The predicted octanol–water partition coefficient (Wildman–Crippen LogP) is 0.954. The Morgan fingerprint density at radius 3 is 3.20 bits per heavy atom. The average molecular weight is 207 g/mol. The summed E-state index contributed by atoms with van der Waals surface area (Å²) in [5, 5.41) is 7.83. The molecule has 3 heterocycles. The fourth-order valence-electron chi connectivity index (χ4n) is 2.66. The first-order valence-electron chi connectivity index (χ1n) is 5.67. The maximum Gasteiger partial charge on any atom is 0.0553 e. The normalized spacial score (nSPS) is 34.6. The van der Waals surface area contributed by atoms with Crippen molar-refractivity contribution in [2.75, 3.05) is 19.8 Å². The molecule has 1 aromatic rings. The standard InChI is InChI=1S/C11H17N3O/c1-2-14-6-9(5-13-14)10-11(7-12-10)3-4-15-8-11/h5-6,10,12H,2-4,7-8H2,1H3/t10-,11+/m0/s1. The molecule has 15 heavy (non-hydrogen) atoms. The number of hydrogen-bond acceptors (Lipinski definition) is 3. The third-order valence-electron chi connectivity index (χ3n) is 3.71. The minimum atomic E-state index is 0.363. The lowest BCUT2D eigenvalue weighted by atomic mass is 9.71. The van der Waals surface area contributed by atoms with E-state index in [0.29, 0.717) is 11.5 Å². The summed E-state index contributed by atoms with van der Waals surface area (Å²) >= 11 is 0. The lowest BCUT2D eigenvalue weighted by molar-refractivity contribution is 0.0577. The molecule has 82 valence electrons. The molecular weight excluding hydrogens is 190 g/mol. The maximum absolute atomic E-state index is 5.52. The van der Waals surface area contributed by atoms with Crippen LogP contribution in [0.5, 0.6) is 0 Å². The summed E-state index contributed by atoms with van der Waals surface area (Å²) in [4.78, 5) is 0. The molecule has 2 aliphatic rings. The minimum absolute atomic E-state index is 0.363. The molecule has 0 aliphatic carbocycles. The van der Waals surface area contributed by atoms with Gasteiger partial charge >= 0.3 is 0 Å². The van der Waals surface area contributed by atoms with Gasteiger partial charge in [-0.05, 0) is 13.3 Å². The van der Waals surface area contributed by atoms with E-state index in [-0.39, 0.29) is 0 Å². The molecule has 2 fully saturated rings. The minimum Gasteiger partial charge on any atom is -0.381 e. The van der Waals surface area contributed by atoms with Gasteiger partial charge in [-0.3, -0.25) is 4.68 Å². The summed E-state index contributed by atoms with van der Waals surface area (Å²) in [7, 11) is 0. The summed E-state index contributed by atoms with van der Waals surface area (Å²) in [5.74, 6) is 0. The molecule has 3 rings (SSSR count). The van der Waals surface area contributed by atoms with Crippen LogP contribution in [0, 0.1) is 5.41 Å². The summed E-state index contributed by atoms with van der Waals surface area (Å²) in [6.45, 7) is 5.96. The molecule has 2 aliphatic heterocycles. The van der Waals surface area contributed by atoms with Gasteiger partial charge in [-0.15, -0.1) is 0 Å². The number of hydrogen-bond donors (Lipinski definition) is 1. The molecule has 1 N–H and O–H groups in total. The van der Waals surface area contributed by atoms with Crippen molar-refractivity contribution in [1.29, 1.82) is 0 Å². The van der Waals surface area contributed by atoms with E-state index in [1.165, 1.54) is 12.0 Å². The first-order chi connectivity index (χ1) is 7.34. The van der Waals surface area contributed by atoms with Gasteiger partial charge in [0, 0.05) is 42.9 Å². The van der Waals surface area contributed by atoms with Crippen LogP contribution in [0.4, 0.5) is 0 Å². The Bertz CT molecular complexity index is 354. The van der Waals surface area contributed by atoms with E-state index >= 15 is 0 Å². The fraction of sp³-hybridized carbons (Fsp3) is 0.727. The van der Waals surface area contributed by atoms with E-state index in [1.807, 2.05) is 10.9 Å². The zero-order valence-electron chi connectivity index (χ0n) is 9.07. The van der Waals surface area contributed by atoms with Crippen LogP contribution in [0.1, 0.15) is 24.9 Å². The number of ether oxygens (including phenoxy) is 1. The van der Waals surface area contributed by atoms with Gasteiger partial charge in [0.2, 0.25) is 0 Å². The number of rotatable bonds is 2. The first-order valence-corrected chi connectivity index (χ1v) is 5.67. The summed E-state index contributed by atoms with van der Waals surface area (Å²) < 4.78 is 7.50. The van der Waals surface area contributed by atoms with Gasteiger partial charge in [0.15, 0.2) is 0 Å². The number of nitrogens with one attached hydrogen (secondary N) is 1. The van der Waals surface area contributed by atoms with Crippen molar-refractivity contribution in [1.82, 2.24) is 15.1 Å². The van der Waals surface area contributed by atoms with Crippen molar-refractivity contribution in [3.05, 3.63) is 18.0 Å². The van der Waals surface area contributed by atoms with Crippen molar-refractivity contribution in [2.24, 2.45) is 5.41 Å². The van der Waals surface area contributed by atoms with Crippen molar-refractivity contribution in [3.8, 4) is 0 Å². The van der Waals surface area contributed by atoms with E-state index in [0.717, 1.165) is 26.3 Å². The van der Waals surface area contributed by atoms with Crippen LogP contribution in [0.15, 0.2) is 12.4 Å². The van der Waals surface area contributed by atoms with Crippen LogP contribution < -0.4 is 5.32 Å². The molecular formula is C11H17N3O. The molecule has 2 saturated heterocycles. The van der Waals surface area contributed by atoms with E-state index in [4.69, 9.17) is 4.74 Å². The molecule has 4 heteroatoms. The van der Waals surface area contributed by atoms with Crippen molar-refractivity contribution < 1.29 is 4.74 Å². The SMILES string of the molecule is CCn1cc([C@@H]2NC[C@@]23CCOC3)cn1. The van der Waals surface area contributed by atoms with E-state index in [9.17, 15) is 0 Å². The van der Waals surface area contributed by atoms with Gasteiger partial charge in [-0.2, -0.15) is 5.10 Å². The van der Waals surface area contributed by atoms with Crippen LogP contribution in [0.2, 0.25) is 0 Å². The number of aromatic nitrogens is 2. The van der Waals surface area contributed by atoms with E-state index in [1.54, 1.807) is 0 Å². The second-order valence-corrected chi connectivity index (χ2v) is 4.61. The molecule has 2 atom stereocenters. The van der Waals surface area contributed by atoms with Gasteiger partial charge in [0.05, 0.1) is 12.8 Å². The molecule has 1 aromatic heterocycles. The van der Waals surface area contributed by atoms with Crippen LogP contribution in [0.25, 0.3) is 0 Å². The largest absolute Gasteiger partial charge is 0.381 e. The second-order valence-electron chi connectivity index (χ2n) is 4.61. The molecule has 4 nitrogen and oxygen atoms in total. The zero-order valence-corrected chi connectivity index (χ0v) is 9.07. The molecule has 0 saturated carbocycles. The highest BCUT2D eigenvalue weighted by atomic mass is 16.5. The van der Waals surface area contributed by atoms with Gasteiger partial charge in [-0.25, -0.2) is 0 Å². The Balaban J connectivity index is 1.82. The predicted molar refractivity (Wildman–Crippen MR) is 56.5 cm³/mol. The van der Waals surface area contributed by atoms with E-state index in [2.05, 4.69) is 23.5 Å². The van der Waals surface area contributed by atoms with Crippen molar-refractivity contribution in [2.45, 2.75) is 25.9 Å². The molecule has 0 bridgehead atoms. The lowest BCUT2D eigenvalue weighted by Crippen LogP contribution is -2.56. The summed E-state index contributed by atoms with van der Waals surface area (Å²) in [6.07, 6.45) is 5.32. The second kappa shape index (κ2) is 3.32. The Morgan fingerprint density at radius 2 is 2.67 bits per heavy atom. The third-order valence-corrected chi connectivity index (χ3v) is 3.71. The van der Waals surface area contributed by atoms with Gasteiger partial charge in [-0.1, -0.05) is 0 Å². The molecule has 0 amide bonds. The van der Waals surface area contributed by atoms with Crippen LogP contribution >= 0.6 is 0 Å². The average Bonchev–Trinajstić information content (AvgIpc) is 2.85. The highest BCUT2D eigenvalue weighted by molar-refractivity contribution is 5.21. The molecule has 1 spiro atoms. The third kappa shape index (κ3) is 1.32. The monoisotopic (exact) mass is 207 g/mol. The summed E-state index contributed by atoms with van der Waals surface area (Å²) in [5.41, 5.74) is 1.68. The van der Waals surface area contributed by atoms with Crippen LogP contribution in [-0.2, 0) is 11.3 Å². The topological polar surface area (TPSA) is 39.1 Å². The molecule has 0 radical (unpaired) electrons. The van der Waals surface area contributed by atoms with Gasteiger partial charge in [0.1, 0.15) is 0 Å². The number of aryl methyl sites for hydroxylation is 1. The fourth-order valence-corrected chi connectivity index (χ4v) is 2.66. The summed E-state index contributed by atoms with van der Waals surface area (Å²) in [6, 6.07) is 0.459. The van der Waals surface area contributed by atoms with Crippen LogP contribution in [0.3, 0.4) is 0 Å². The van der Waals surface area contributed by atoms with Crippen LogP contribution in [-0.4, -0.2) is 29.5 Å². The molecule has 0 unspecified atom stereocenters. The number of nitrogens with zero attached hydrogens (tertiary/aromatic N) is 2. The Kier molecular flexibility index (Phi) is 2.07. The quantitative estimate of drug-likeness (QED) is 0.785. The zero-order chi connectivity index (χ0) is 10.3. The molecule has 0 aromatic carbocycles. The van der Waals surface area contributed by atoms with Crippen molar-refractivity contribution in [3.63, 3.8) is 0 Å². The Hall–Kier alpha value is -0.870. The highest BCUT2D eigenvalue weighted by Crippen LogP contribution is 2.46. The Morgan fingerprint density at radius 1 is 1.73 bits per heavy atom. The smallest absolute Gasteiger partial charge is 0.0553 e. The van der Waals surface area contributed by atoms with E-state index < -0.39 is 0 Å². The first kappa shape index (κ1) is 9.36. The lowest BCUT2D eigenvalue weighted by Gasteiger charge is -2.46. The van der Waals surface area contributed by atoms with Crippen molar-refractivity contribution >= 4 is 0 Å².